The van der Waals surface area contributed by atoms with E-state index in [9.17, 15) is 9.18 Å². The van der Waals surface area contributed by atoms with E-state index < -0.39 is 5.60 Å². The molecule has 0 radical (unpaired) electrons. The molecule has 1 aliphatic heterocycles. The van der Waals surface area contributed by atoms with Crippen LogP contribution in [0, 0.1) is 5.82 Å². The fourth-order valence-corrected chi connectivity index (χ4v) is 3.23. The number of ether oxygens (including phenoxy) is 1. The first-order valence-corrected chi connectivity index (χ1v) is 9.14. The van der Waals surface area contributed by atoms with E-state index in [-0.39, 0.29) is 24.0 Å². The first kappa shape index (κ1) is 19.2. The van der Waals surface area contributed by atoms with Crippen molar-refractivity contribution in [2.45, 2.75) is 58.2 Å². The zero-order valence-electron chi connectivity index (χ0n) is 14.7. The molecule has 134 valence electrons. The summed E-state index contributed by atoms with van der Waals surface area (Å²) < 4.78 is 19.3. The lowest BCUT2D eigenvalue weighted by molar-refractivity contribution is 0.0184. The molecule has 1 amide bonds. The van der Waals surface area contributed by atoms with E-state index in [1.54, 1.807) is 17.0 Å². The molecule has 1 N–H and O–H groups in total. The number of halogens is 2. The van der Waals surface area contributed by atoms with Gasteiger partial charge in [0.15, 0.2) is 0 Å². The van der Waals surface area contributed by atoms with Crippen molar-refractivity contribution >= 4 is 22.0 Å². The summed E-state index contributed by atoms with van der Waals surface area (Å²) in [4.78, 5) is 14.0. The number of carbonyl (C=O) groups is 1. The highest BCUT2D eigenvalue weighted by molar-refractivity contribution is 9.10. The van der Waals surface area contributed by atoms with Crippen molar-refractivity contribution in [1.29, 1.82) is 0 Å². The maximum atomic E-state index is 13.4. The number of nitrogens with one attached hydrogen (secondary N) is 1. The molecule has 2 rings (SSSR count). The van der Waals surface area contributed by atoms with E-state index >= 15 is 0 Å². The minimum atomic E-state index is -0.481. The molecule has 1 aromatic rings. The van der Waals surface area contributed by atoms with Crippen LogP contribution in [0.15, 0.2) is 22.7 Å². The van der Waals surface area contributed by atoms with E-state index in [2.05, 4.69) is 21.2 Å². The summed E-state index contributed by atoms with van der Waals surface area (Å²) in [6.07, 6.45) is 1.69. The average molecular weight is 401 g/mol. The molecule has 1 aliphatic rings. The number of likely N-dealkylation sites (tertiary alicyclic amines) is 1. The molecule has 0 bridgehead atoms. The maximum absolute atomic E-state index is 13.4. The molecule has 2 atom stereocenters. The molecule has 1 saturated heterocycles. The molecule has 24 heavy (non-hydrogen) atoms. The lowest BCUT2D eigenvalue weighted by Gasteiger charge is -2.35. The lowest BCUT2D eigenvalue weighted by Crippen LogP contribution is -2.49. The van der Waals surface area contributed by atoms with Crippen LogP contribution in [0.4, 0.5) is 9.18 Å². The van der Waals surface area contributed by atoms with Crippen molar-refractivity contribution in [3.63, 3.8) is 0 Å². The number of carbonyl (C=O) groups excluding carboxylic acids is 1. The summed E-state index contributed by atoms with van der Waals surface area (Å²) in [6, 6.07) is 5.31. The minimum absolute atomic E-state index is 0.0745. The predicted octanol–water partition coefficient (Wildman–Crippen LogP) is 4.64. The van der Waals surface area contributed by atoms with Crippen molar-refractivity contribution in [3.8, 4) is 0 Å². The zero-order chi connectivity index (χ0) is 17.9. The van der Waals surface area contributed by atoms with Gasteiger partial charge in [-0.3, -0.25) is 0 Å². The Hall–Kier alpha value is -1.14. The number of piperidine rings is 1. The highest BCUT2D eigenvalue weighted by atomic mass is 79.9. The summed E-state index contributed by atoms with van der Waals surface area (Å²) in [7, 11) is 0. The fraction of sp³-hybridized carbons (Fsp3) is 0.611. The van der Waals surface area contributed by atoms with Gasteiger partial charge in [0.1, 0.15) is 11.4 Å². The van der Waals surface area contributed by atoms with Crippen LogP contribution in [0.1, 0.15) is 52.1 Å². The minimum Gasteiger partial charge on any atom is -0.444 e. The summed E-state index contributed by atoms with van der Waals surface area (Å²) in [5, 5.41) is 3.54. The van der Waals surface area contributed by atoms with Gasteiger partial charge in [-0.1, -0.05) is 6.07 Å². The topological polar surface area (TPSA) is 41.6 Å². The fourth-order valence-electron chi connectivity index (χ4n) is 2.84. The molecule has 0 saturated carbocycles. The smallest absolute Gasteiger partial charge is 0.410 e. The van der Waals surface area contributed by atoms with Crippen LogP contribution in [-0.2, 0) is 4.74 Å². The van der Waals surface area contributed by atoms with Crippen molar-refractivity contribution in [2.75, 3.05) is 13.1 Å². The first-order chi connectivity index (χ1) is 11.2. The molecule has 0 aliphatic carbocycles. The second kappa shape index (κ2) is 7.83. The standard InChI is InChI=1S/C18H26BrFN2O2/c1-12(13-7-8-16(20)15(19)10-13)21-14-6-5-9-22(11-14)17(23)24-18(2,3)4/h7-8,10,12,14,21H,5-6,9,11H2,1-4H3. The third-order valence-electron chi connectivity index (χ3n) is 4.00. The van der Waals surface area contributed by atoms with E-state index in [1.807, 2.05) is 27.7 Å². The van der Waals surface area contributed by atoms with Crippen LogP contribution in [0.5, 0.6) is 0 Å². The number of rotatable bonds is 3. The van der Waals surface area contributed by atoms with Gasteiger partial charge in [-0.05, 0) is 74.2 Å². The first-order valence-electron chi connectivity index (χ1n) is 8.34. The van der Waals surface area contributed by atoms with Gasteiger partial charge in [0.05, 0.1) is 4.47 Å². The summed E-state index contributed by atoms with van der Waals surface area (Å²) in [5.74, 6) is -0.264. The van der Waals surface area contributed by atoms with Gasteiger partial charge < -0.3 is 15.0 Å². The summed E-state index contributed by atoms with van der Waals surface area (Å²) in [6.45, 7) is 9.02. The SMILES string of the molecule is CC(NC1CCCN(C(=O)OC(C)(C)C)C1)c1ccc(F)c(Br)c1. The Kier molecular flexibility index (Phi) is 6.26. The second-order valence-corrected chi connectivity index (χ2v) is 8.18. The largest absolute Gasteiger partial charge is 0.444 e. The van der Waals surface area contributed by atoms with Gasteiger partial charge in [-0.15, -0.1) is 0 Å². The lowest BCUT2D eigenvalue weighted by atomic mass is 10.0. The van der Waals surface area contributed by atoms with Crippen molar-refractivity contribution in [1.82, 2.24) is 10.2 Å². The Bertz CT molecular complexity index is 589. The van der Waals surface area contributed by atoms with Crippen LogP contribution in [-0.4, -0.2) is 35.7 Å². The number of benzene rings is 1. The molecule has 6 heteroatoms. The van der Waals surface area contributed by atoms with Gasteiger partial charge in [0.2, 0.25) is 0 Å². The molecule has 1 aromatic carbocycles. The van der Waals surface area contributed by atoms with Crippen molar-refractivity contribution in [2.24, 2.45) is 0 Å². The summed E-state index contributed by atoms with van der Waals surface area (Å²) in [5.41, 5.74) is 0.531. The predicted molar refractivity (Wildman–Crippen MR) is 96.5 cm³/mol. The second-order valence-electron chi connectivity index (χ2n) is 7.33. The van der Waals surface area contributed by atoms with Crippen molar-refractivity contribution in [3.05, 3.63) is 34.1 Å². The molecular formula is C18H26BrFN2O2. The molecule has 0 spiro atoms. The molecule has 4 nitrogen and oxygen atoms in total. The van der Waals surface area contributed by atoms with Gasteiger partial charge in [-0.2, -0.15) is 0 Å². The zero-order valence-corrected chi connectivity index (χ0v) is 16.3. The van der Waals surface area contributed by atoms with Crippen LogP contribution in [0.25, 0.3) is 0 Å². The highest BCUT2D eigenvalue weighted by Crippen LogP contribution is 2.23. The quantitative estimate of drug-likeness (QED) is 0.803. The van der Waals surface area contributed by atoms with Gasteiger partial charge in [0.25, 0.3) is 0 Å². The number of nitrogens with zero attached hydrogens (tertiary/aromatic N) is 1. The third kappa shape index (κ3) is 5.45. The van der Waals surface area contributed by atoms with E-state index in [0.29, 0.717) is 11.0 Å². The third-order valence-corrected chi connectivity index (χ3v) is 4.61. The Morgan fingerprint density at radius 1 is 1.46 bits per heavy atom. The Balaban J connectivity index is 1.94. The molecule has 1 heterocycles. The molecule has 2 unspecified atom stereocenters. The molecule has 0 aromatic heterocycles. The van der Waals surface area contributed by atoms with Crippen LogP contribution in [0.2, 0.25) is 0 Å². The normalized spacial score (nSPS) is 19.9. The van der Waals surface area contributed by atoms with Gasteiger partial charge in [0, 0.05) is 25.2 Å². The highest BCUT2D eigenvalue weighted by Gasteiger charge is 2.28. The van der Waals surface area contributed by atoms with Crippen LogP contribution in [0.3, 0.4) is 0 Å². The summed E-state index contributed by atoms with van der Waals surface area (Å²) >= 11 is 3.22. The van der Waals surface area contributed by atoms with E-state index in [4.69, 9.17) is 4.74 Å². The van der Waals surface area contributed by atoms with Crippen molar-refractivity contribution < 1.29 is 13.9 Å². The Morgan fingerprint density at radius 3 is 2.79 bits per heavy atom. The number of amides is 1. The Morgan fingerprint density at radius 2 is 2.17 bits per heavy atom. The van der Waals surface area contributed by atoms with Crippen LogP contribution >= 0.6 is 15.9 Å². The number of hydrogen-bond acceptors (Lipinski definition) is 3. The number of hydrogen-bond donors (Lipinski definition) is 1. The Labute approximate surface area is 151 Å². The van der Waals surface area contributed by atoms with E-state index in [1.165, 1.54) is 6.07 Å². The monoisotopic (exact) mass is 400 g/mol. The van der Waals surface area contributed by atoms with Gasteiger partial charge >= 0.3 is 6.09 Å². The van der Waals surface area contributed by atoms with E-state index in [0.717, 1.165) is 24.9 Å². The van der Waals surface area contributed by atoms with Gasteiger partial charge in [-0.25, -0.2) is 9.18 Å². The molecule has 1 fully saturated rings. The average Bonchev–Trinajstić information content (AvgIpc) is 2.48. The van der Waals surface area contributed by atoms with Crippen LogP contribution < -0.4 is 5.32 Å². The molecular weight excluding hydrogens is 375 g/mol. The maximum Gasteiger partial charge on any atom is 0.410 e.